The first-order chi connectivity index (χ1) is 15.7. The molecule has 3 rings (SSSR count). The van der Waals surface area contributed by atoms with E-state index in [0.717, 1.165) is 56.2 Å². The second-order valence-corrected chi connectivity index (χ2v) is 9.58. The number of benzene rings is 1. The van der Waals surface area contributed by atoms with E-state index in [1.807, 2.05) is 22.6 Å². The Hall–Kier alpha value is -2.41. The second-order valence-electron chi connectivity index (χ2n) is 9.58. The van der Waals surface area contributed by atoms with Gasteiger partial charge in [-0.25, -0.2) is 9.07 Å². The van der Waals surface area contributed by atoms with Gasteiger partial charge in [0.15, 0.2) is 0 Å². The van der Waals surface area contributed by atoms with Crippen LogP contribution in [0.1, 0.15) is 58.7 Å². The van der Waals surface area contributed by atoms with Crippen molar-refractivity contribution in [2.75, 3.05) is 37.6 Å². The first-order valence-corrected chi connectivity index (χ1v) is 12.4. The highest BCUT2D eigenvalue weighted by molar-refractivity contribution is 5.77. The molecule has 1 saturated heterocycles. The monoisotopic (exact) mass is 457 g/mol. The minimum atomic E-state index is -0.280. The van der Waals surface area contributed by atoms with Crippen LogP contribution in [0.25, 0.3) is 5.69 Å². The van der Waals surface area contributed by atoms with Crippen molar-refractivity contribution in [2.45, 2.75) is 67.0 Å². The van der Waals surface area contributed by atoms with Crippen LogP contribution in [0.3, 0.4) is 0 Å². The van der Waals surface area contributed by atoms with Crippen LogP contribution >= 0.6 is 0 Å². The zero-order valence-electron chi connectivity index (χ0n) is 21.1. The molecular weight excluding hydrogens is 417 g/mol. The Morgan fingerprint density at radius 1 is 1.15 bits per heavy atom. The lowest BCUT2D eigenvalue weighted by atomic mass is 10.1. The van der Waals surface area contributed by atoms with E-state index in [9.17, 15) is 9.18 Å². The van der Waals surface area contributed by atoms with Gasteiger partial charge in [0.1, 0.15) is 11.6 Å². The third-order valence-electron chi connectivity index (χ3n) is 6.68. The zero-order valence-corrected chi connectivity index (χ0v) is 21.1. The van der Waals surface area contributed by atoms with E-state index >= 15 is 0 Å². The van der Waals surface area contributed by atoms with Crippen LogP contribution in [-0.2, 0) is 11.3 Å². The number of hydrogen-bond donors (Lipinski definition) is 0. The van der Waals surface area contributed by atoms with Gasteiger partial charge in [-0.15, -0.1) is 0 Å². The number of aromatic nitrogens is 2. The third kappa shape index (κ3) is 5.94. The van der Waals surface area contributed by atoms with E-state index in [1.165, 1.54) is 12.1 Å². The average Bonchev–Trinajstić information content (AvgIpc) is 3.12. The van der Waals surface area contributed by atoms with E-state index in [0.29, 0.717) is 24.6 Å². The number of piperazine rings is 1. The van der Waals surface area contributed by atoms with Crippen molar-refractivity contribution < 1.29 is 9.18 Å². The summed E-state index contributed by atoms with van der Waals surface area (Å²) in [5.41, 5.74) is 2.65. The summed E-state index contributed by atoms with van der Waals surface area (Å²) in [5.74, 6) is 1.19. The standard InChI is InChI=1S/C26H40FN5O/c1-7-20(5)31(25(33)16-19(3)4)18-24-21(6)28-32(23-11-9-10-22(27)17-23)26(24)30-14-12-29(8-2)13-15-30/h9-11,17,19-20H,7-8,12-16,18H2,1-6H3. The molecule has 1 unspecified atom stereocenters. The summed E-state index contributed by atoms with van der Waals surface area (Å²) in [4.78, 5) is 20.0. The van der Waals surface area contributed by atoms with Crippen molar-refractivity contribution >= 4 is 11.7 Å². The van der Waals surface area contributed by atoms with Crippen LogP contribution in [-0.4, -0.2) is 64.3 Å². The Labute approximate surface area is 198 Å². The predicted octanol–water partition coefficient (Wildman–Crippen LogP) is 4.63. The average molecular weight is 458 g/mol. The van der Waals surface area contributed by atoms with Crippen molar-refractivity contribution in [3.63, 3.8) is 0 Å². The Balaban J connectivity index is 2.05. The maximum absolute atomic E-state index is 14.1. The first kappa shape index (κ1) is 25.2. The van der Waals surface area contributed by atoms with Crippen LogP contribution < -0.4 is 4.90 Å². The van der Waals surface area contributed by atoms with Crippen molar-refractivity contribution in [3.8, 4) is 5.69 Å². The second kappa shape index (κ2) is 11.1. The highest BCUT2D eigenvalue weighted by Gasteiger charge is 2.29. The van der Waals surface area contributed by atoms with Crippen molar-refractivity contribution in [1.82, 2.24) is 19.6 Å². The minimum Gasteiger partial charge on any atom is -0.354 e. The van der Waals surface area contributed by atoms with Crippen LogP contribution in [0, 0.1) is 18.7 Å². The molecule has 6 nitrogen and oxygen atoms in total. The molecule has 1 aliphatic heterocycles. The number of nitrogens with zero attached hydrogens (tertiary/aromatic N) is 5. The summed E-state index contributed by atoms with van der Waals surface area (Å²) >= 11 is 0. The van der Waals surface area contributed by atoms with E-state index in [-0.39, 0.29) is 17.8 Å². The number of amides is 1. The molecule has 1 aliphatic rings. The molecule has 2 aromatic rings. The lowest BCUT2D eigenvalue weighted by Crippen LogP contribution is -2.47. The smallest absolute Gasteiger partial charge is 0.223 e. The van der Waals surface area contributed by atoms with E-state index in [4.69, 9.17) is 5.10 Å². The summed E-state index contributed by atoms with van der Waals surface area (Å²) in [5, 5.41) is 4.85. The molecule has 0 N–H and O–H groups in total. The molecule has 1 aromatic heterocycles. The summed E-state index contributed by atoms with van der Waals surface area (Å²) in [6.45, 7) is 17.9. The molecule has 2 heterocycles. The summed E-state index contributed by atoms with van der Waals surface area (Å²) in [7, 11) is 0. The van der Waals surface area contributed by atoms with Crippen molar-refractivity contribution in [1.29, 1.82) is 0 Å². The molecule has 0 saturated carbocycles. The Morgan fingerprint density at radius 3 is 2.42 bits per heavy atom. The van der Waals surface area contributed by atoms with Gasteiger partial charge in [-0.3, -0.25) is 4.79 Å². The number of carbonyl (C=O) groups excluding carboxylic acids is 1. The van der Waals surface area contributed by atoms with Crippen LogP contribution in [0.15, 0.2) is 24.3 Å². The molecule has 7 heteroatoms. The number of hydrogen-bond acceptors (Lipinski definition) is 4. The lowest BCUT2D eigenvalue weighted by molar-refractivity contribution is -0.134. The molecule has 182 valence electrons. The fourth-order valence-corrected chi connectivity index (χ4v) is 4.47. The minimum absolute atomic E-state index is 0.137. The van der Waals surface area contributed by atoms with Crippen LogP contribution in [0.5, 0.6) is 0 Å². The van der Waals surface area contributed by atoms with Gasteiger partial charge in [0.2, 0.25) is 5.91 Å². The molecule has 0 spiro atoms. The largest absolute Gasteiger partial charge is 0.354 e. The zero-order chi connectivity index (χ0) is 24.1. The molecule has 0 aliphatic carbocycles. The van der Waals surface area contributed by atoms with Crippen LogP contribution in [0.4, 0.5) is 10.2 Å². The molecule has 1 amide bonds. The quantitative estimate of drug-likeness (QED) is 0.551. The molecule has 0 radical (unpaired) electrons. The Morgan fingerprint density at radius 2 is 1.85 bits per heavy atom. The van der Waals surface area contributed by atoms with E-state index in [2.05, 4.69) is 44.4 Å². The fraction of sp³-hybridized carbons (Fsp3) is 0.615. The van der Waals surface area contributed by atoms with Crippen LogP contribution in [0.2, 0.25) is 0 Å². The maximum Gasteiger partial charge on any atom is 0.223 e. The van der Waals surface area contributed by atoms with Crippen molar-refractivity contribution in [3.05, 3.63) is 41.3 Å². The number of carbonyl (C=O) groups is 1. The molecule has 0 bridgehead atoms. The highest BCUT2D eigenvalue weighted by Crippen LogP contribution is 2.31. The molecule has 1 aromatic carbocycles. The van der Waals surface area contributed by atoms with Gasteiger partial charge in [-0.05, 0) is 50.9 Å². The topological polar surface area (TPSA) is 44.6 Å². The first-order valence-electron chi connectivity index (χ1n) is 12.4. The van der Waals surface area contributed by atoms with E-state index in [1.54, 1.807) is 6.07 Å². The van der Waals surface area contributed by atoms with Gasteiger partial charge in [0.05, 0.1) is 17.9 Å². The number of likely N-dealkylation sites (N-methyl/N-ethyl adjacent to an activating group) is 1. The number of anilines is 1. The van der Waals surface area contributed by atoms with Gasteiger partial charge in [0, 0.05) is 44.2 Å². The number of aryl methyl sites for hydroxylation is 1. The maximum atomic E-state index is 14.1. The molecule has 1 fully saturated rings. The normalized spacial score (nSPS) is 15.8. The molecular formula is C26H40FN5O. The Kier molecular flexibility index (Phi) is 8.51. The number of rotatable bonds is 9. The third-order valence-corrected chi connectivity index (χ3v) is 6.68. The van der Waals surface area contributed by atoms with Gasteiger partial charge in [-0.1, -0.05) is 33.8 Å². The summed E-state index contributed by atoms with van der Waals surface area (Å²) < 4.78 is 16.0. The predicted molar refractivity (Wildman–Crippen MR) is 132 cm³/mol. The SMILES string of the molecule is CCC(C)N(Cc1c(C)nn(-c2cccc(F)c2)c1N1CCN(CC)CC1)C(=O)CC(C)C. The summed E-state index contributed by atoms with van der Waals surface area (Å²) in [6.07, 6.45) is 1.43. The van der Waals surface area contributed by atoms with Gasteiger partial charge in [-0.2, -0.15) is 5.10 Å². The highest BCUT2D eigenvalue weighted by atomic mass is 19.1. The van der Waals surface area contributed by atoms with Gasteiger partial charge in [0.25, 0.3) is 0 Å². The Bertz CT molecular complexity index is 933. The molecule has 1 atom stereocenters. The fourth-order valence-electron chi connectivity index (χ4n) is 4.47. The lowest BCUT2D eigenvalue weighted by Gasteiger charge is -2.37. The number of halogens is 1. The van der Waals surface area contributed by atoms with Crippen molar-refractivity contribution in [2.24, 2.45) is 5.92 Å². The summed E-state index contributed by atoms with van der Waals surface area (Å²) in [6, 6.07) is 6.73. The van der Waals surface area contributed by atoms with Gasteiger partial charge < -0.3 is 14.7 Å². The molecule has 33 heavy (non-hydrogen) atoms. The van der Waals surface area contributed by atoms with Gasteiger partial charge >= 0.3 is 0 Å². The van der Waals surface area contributed by atoms with E-state index < -0.39 is 0 Å².